The van der Waals surface area contributed by atoms with Crippen LogP contribution >= 0.6 is 11.8 Å². The van der Waals surface area contributed by atoms with Crippen molar-refractivity contribution in [3.05, 3.63) is 83.1 Å². The molecule has 0 radical (unpaired) electrons. The van der Waals surface area contributed by atoms with Crippen LogP contribution in [0.3, 0.4) is 0 Å². The summed E-state index contributed by atoms with van der Waals surface area (Å²) in [6.07, 6.45) is 1.87. The Labute approximate surface area is 192 Å². The molecule has 0 bridgehead atoms. The van der Waals surface area contributed by atoms with E-state index in [9.17, 15) is 9.90 Å². The minimum absolute atomic E-state index is 0.266. The van der Waals surface area contributed by atoms with E-state index >= 15 is 0 Å². The Morgan fingerprint density at radius 1 is 1.19 bits per heavy atom. The zero-order valence-corrected chi connectivity index (χ0v) is 19.2. The summed E-state index contributed by atoms with van der Waals surface area (Å²) in [5.41, 5.74) is 4.26. The number of hydrogen-bond acceptors (Lipinski definition) is 6. The van der Waals surface area contributed by atoms with Gasteiger partial charge in [-0.3, -0.25) is 9.69 Å². The molecule has 1 N–H and O–H groups in total. The third kappa shape index (κ3) is 5.53. The van der Waals surface area contributed by atoms with Crippen molar-refractivity contribution < 1.29 is 19.1 Å². The molecule has 1 aromatic heterocycles. The maximum atomic E-state index is 11.6. The quantitative estimate of drug-likeness (QED) is 0.533. The zero-order chi connectivity index (χ0) is 22.5. The van der Waals surface area contributed by atoms with E-state index in [0.717, 1.165) is 35.1 Å². The monoisotopic (exact) mass is 452 g/mol. The van der Waals surface area contributed by atoms with Crippen LogP contribution in [-0.2, 0) is 17.8 Å². The van der Waals surface area contributed by atoms with Crippen molar-refractivity contribution in [2.24, 2.45) is 0 Å². The number of aromatic nitrogens is 1. The molecule has 1 fully saturated rings. The van der Waals surface area contributed by atoms with Crippen LogP contribution in [0.1, 0.15) is 34.2 Å². The van der Waals surface area contributed by atoms with Gasteiger partial charge in [-0.1, -0.05) is 42.0 Å². The number of ether oxygens (including phenoxy) is 1. The molecule has 0 amide bonds. The fraction of sp³-hybridized carbons (Fsp3) is 0.360. The highest BCUT2D eigenvalue weighted by atomic mass is 32.2. The predicted molar refractivity (Wildman–Crippen MR) is 125 cm³/mol. The van der Waals surface area contributed by atoms with Crippen LogP contribution in [0.4, 0.5) is 0 Å². The first-order valence-electron chi connectivity index (χ1n) is 10.8. The largest absolute Gasteiger partial charge is 0.484 e. The zero-order valence-electron chi connectivity index (χ0n) is 18.4. The molecule has 0 saturated carbocycles. The lowest BCUT2D eigenvalue weighted by Gasteiger charge is -2.32. The lowest BCUT2D eigenvalue weighted by molar-refractivity contribution is -0.142. The predicted octanol–water partition coefficient (Wildman–Crippen LogP) is 4.66. The molecule has 7 heteroatoms. The van der Waals surface area contributed by atoms with E-state index in [0.29, 0.717) is 18.7 Å². The van der Waals surface area contributed by atoms with E-state index < -0.39 is 12.0 Å². The van der Waals surface area contributed by atoms with Gasteiger partial charge >= 0.3 is 5.97 Å². The minimum Gasteiger partial charge on any atom is -0.484 e. The summed E-state index contributed by atoms with van der Waals surface area (Å²) in [4.78, 5) is 18.0. The molecule has 1 aliphatic rings. The average molecular weight is 453 g/mol. The van der Waals surface area contributed by atoms with Crippen molar-refractivity contribution in [3.8, 4) is 5.75 Å². The molecule has 168 valence electrons. The minimum atomic E-state index is -0.751. The number of aliphatic carboxylic acids is 1. The number of rotatable bonds is 8. The van der Waals surface area contributed by atoms with Gasteiger partial charge in [0.1, 0.15) is 29.3 Å². The van der Waals surface area contributed by atoms with Crippen LogP contribution in [0.2, 0.25) is 0 Å². The number of carbonyl (C=O) groups is 1. The average Bonchev–Trinajstić information content (AvgIpc) is 3.22. The van der Waals surface area contributed by atoms with E-state index in [1.807, 2.05) is 36.1 Å². The van der Waals surface area contributed by atoms with Crippen LogP contribution in [0.5, 0.6) is 5.75 Å². The van der Waals surface area contributed by atoms with Crippen molar-refractivity contribution >= 4 is 17.7 Å². The molecular weight excluding hydrogens is 424 g/mol. The smallest absolute Gasteiger partial charge is 0.321 e. The fourth-order valence-corrected chi connectivity index (χ4v) is 4.99. The van der Waals surface area contributed by atoms with Crippen LogP contribution < -0.4 is 4.74 Å². The van der Waals surface area contributed by atoms with Gasteiger partial charge in [-0.25, -0.2) is 4.98 Å². The first kappa shape index (κ1) is 22.4. The second kappa shape index (κ2) is 10.2. The molecular formula is C25H28N2O4S. The molecule has 1 saturated heterocycles. The van der Waals surface area contributed by atoms with Gasteiger partial charge < -0.3 is 14.3 Å². The number of carboxylic acids is 1. The molecule has 2 atom stereocenters. The Kier molecular flexibility index (Phi) is 7.17. The Hall–Kier alpha value is -2.77. The van der Waals surface area contributed by atoms with Crippen molar-refractivity contribution in [2.45, 2.75) is 39.0 Å². The first-order chi connectivity index (χ1) is 15.5. The van der Waals surface area contributed by atoms with Crippen LogP contribution in [0, 0.1) is 13.8 Å². The molecule has 6 nitrogen and oxygen atoms in total. The second-order valence-corrected chi connectivity index (χ2v) is 9.28. The number of oxazole rings is 1. The SMILES string of the molecule is Cc1ccc(CC(Oc2ccc(CN3CCSCC3C(=O)O)cc2)c2ncoc2C)cc1. The highest BCUT2D eigenvalue weighted by Crippen LogP contribution is 2.28. The van der Waals surface area contributed by atoms with Gasteiger partial charge in [0.15, 0.2) is 6.39 Å². The maximum Gasteiger partial charge on any atom is 0.321 e. The topological polar surface area (TPSA) is 75.8 Å². The second-order valence-electron chi connectivity index (χ2n) is 8.13. The van der Waals surface area contributed by atoms with Gasteiger partial charge in [-0.2, -0.15) is 11.8 Å². The number of benzene rings is 2. The molecule has 1 aliphatic heterocycles. The summed E-state index contributed by atoms with van der Waals surface area (Å²) >= 11 is 1.70. The van der Waals surface area contributed by atoms with E-state index in [2.05, 4.69) is 36.2 Å². The normalized spacial score (nSPS) is 17.8. The molecule has 3 aromatic rings. The summed E-state index contributed by atoms with van der Waals surface area (Å²) in [6, 6.07) is 15.9. The van der Waals surface area contributed by atoms with Crippen molar-refractivity contribution in [3.63, 3.8) is 0 Å². The lowest BCUT2D eigenvalue weighted by atomic mass is 10.0. The van der Waals surface area contributed by atoms with Gasteiger partial charge in [-0.05, 0) is 37.1 Å². The van der Waals surface area contributed by atoms with Gasteiger partial charge in [0.25, 0.3) is 0 Å². The third-order valence-electron chi connectivity index (χ3n) is 5.74. The summed E-state index contributed by atoms with van der Waals surface area (Å²) in [6.45, 7) is 5.37. The van der Waals surface area contributed by atoms with Gasteiger partial charge in [-0.15, -0.1) is 0 Å². The summed E-state index contributed by atoms with van der Waals surface area (Å²) < 4.78 is 11.8. The lowest BCUT2D eigenvalue weighted by Crippen LogP contribution is -2.46. The summed E-state index contributed by atoms with van der Waals surface area (Å²) in [5, 5.41) is 9.49. The third-order valence-corrected chi connectivity index (χ3v) is 6.76. The summed E-state index contributed by atoms with van der Waals surface area (Å²) in [5.74, 6) is 2.34. The van der Waals surface area contributed by atoms with E-state index in [1.165, 1.54) is 17.5 Å². The number of thioether (sulfide) groups is 1. The Balaban J connectivity index is 1.47. The number of carboxylic acid groups (broad SMARTS) is 1. The summed E-state index contributed by atoms with van der Waals surface area (Å²) in [7, 11) is 0. The highest BCUT2D eigenvalue weighted by molar-refractivity contribution is 7.99. The number of aryl methyl sites for hydroxylation is 2. The number of hydrogen-bond donors (Lipinski definition) is 1. The Morgan fingerprint density at radius 3 is 2.56 bits per heavy atom. The molecule has 2 heterocycles. The molecule has 0 aliphatic carbocycles. The molecule has 4 rings (SSSR count). The molecule has 32 heavy (non-hydrogen) atoms. The van der Waals surface area contributed by atoms with Crippen molar-refractivity contribution in [1.29, 1.82) is 0 Å². The van der Waals surface area contributed by atoms with Gasteiger partial charge in [0.2, 0.25) is 0 Å². The van der Waals surface area contributed by atoms with Crippen molar-refractivity contribution in [1.82, 2.24) is 9.88 Å². The van der Waals surface area contributed by atoms with Gasteiger partial charge in [0, 0.05) is 31.0 Å². The van der Waals surface area contributed by atoms with Crippen molar-refractivity contribution in [2.75, 3.05) is 18.1 Å². The molecule has 2 aromatic carbocycles. The Morgan fingerprint density at radius 2 is 1.91 bits per heavy atom. The van der Waals surface area contributed by atoms with E-state index in [4.69, 9.17) is 9.15 Å². The fourth-order valence-electron chi connectivity index (χ4n) is 3.88. The van der Waals surface area contributed by atoms with E-state index in [-0.39, 0.29) is 6.10 Å². The van der Waals surface area contributed by atoms with Crippen LogP contribution in [-0.4, -0.2) is 45.1 Å². The van der Waals surface area contributed by atoms with Crippen LogP contribution in [0.15, 0.2) is 59.3 Å². The van der Waals surface area contributed by atoms with Crippen LogP contribution in [0.25, 0.3) is 0 Å². The highest BCUT2D eigenvalue weighted by Gasteiger charge is 2.28. The number of nitrogens with zero attached hydrogens (tertiary/aromatic N) is 2. The Bertz CT molecular complexity index is 1030. The van der Waals surface area contributed by atoms with E-state index in [1.54, 1.807) is 11.8 Å². The maximum absolute atomic E-state index is 11.6. The first-order valence-corrected chi connectivity index (χ1v) is 11.9. The standard InChI is InChI=1S/C25H28N2O4S/c1-17-3-5-19(6-4-17)13-23(24-18(2)30-16-26-24)31-21-9-7-20(8-10-21)14-27-11-12-32-15-22(27)25(28)29/h3-10,16,22-23H,11-15H2,1-2H3,(H,28,29). The molecule has 0 spiro atoms. The van der Waals surface area contributed by atoms with Gasteiger partial charge in [0.05, 0.1) is 0 Å². The molecule has 2 unspecified atom stereocenters.